The molecule has 2 rings (SSSR count). The van der Waals surface area contributed by atoms with Gasteiger partial charge in [0.25, 0.3) is 5.91 Å². The fourth-order valence-electron chi connectivity index (χ4n) is 2.50. The first-order valence-corrected chi connectivity index (χ1v) is 8.09. The van der Waals surface area contributed by atoms with Crippen LogP contribution in [0, 0.1) is 5.92 Å². The Morgan fingerprint density at radius 2 is 1.95 bits per heavy atom. The highest BCUT2D eigenvalue weighted by molar-refractivity contribution is 7.99. The van der Waals surface area contributed by atoms with Gasteiger partial charge in [0.05, 0.1) is 6.10 Å². The van der Waals surface area contributed by atoms with Crippen LogP contribution in [0.25, 0.3) is 0 Å². The van der Waals surface area contributed by atoms with Crippen molar-refractivity contribution in [3.63, 3.8) is 0 Å². The number of hydrogen-bond donors (Lipinski definition) is 1. The van der Waals surface area contributed by atoms with Crippen molar-refractivity contribution in [1.82, 2.24) is 4.90 Å². The van der Waals surface area contributed by atoms with E-state index in [2.05, 4.69) is 13.8 Å². The van der Waals surface area contributed by atoms with Crippen molar-refractivity contribution in [2.24, 2.45) is 5.92 Å². The molecule has 0 spiro atoms. The Morgan fingerprint density at radius 3 is 2.45 bits per heavy atom. The van der Waals surface area contributed by atoms with Crippen LogP contribution in [0.3, 0.4) is 0 Å². The summed E-state index contributed by atoms with van der Waals surface area (Å²) in [5.74, 6) is 0.295. The Balaban J connectivity index is 1.99. The first-order chi connectivity index (χ1) is 9.47. The number of benzene rings is 1. The highest BCUT2D eigenvalue weighted by Crippen LogP contribution is 2.25. The number of carbonyl (C=O) groups excluding carboxylic acids is 1. The van der Waals surface area contributed by atoms with Crippen molar-refractivity contribution in [1.29, 1.82) is 0 Å². The van der Waals surface area contributed by atoms with Crippen LogP contribution in [0.2, 0.25) is 0 Å². The number of likely N-dealkylation sites (tertiary alicyclic amines) is 1. The Labute approximate surface area is 125 Å². The monoisotopic (exact) mass is 293 g/mol. The van der Waals surface area contributed by atoms with E-state index in [0.29, 0.717) is 11.8 Å². The van der Waals surface area contributed by atoms with Gasteiger partial charge in [-0.1, -0.05) is 13.8 Å². The fourth-order valence-corrected chi connectivity index (χ4v) is 3.33. The molecule has 1 saturated heterocycles. The molecule has 0 aliphatic carbocycles. The lowest BCUT2D eigenvalue weighted by Gasteiger charge is -2.18. The van der Waals surface area contributed by atoms with Crippen LogP contribution in [0.1, 0.15) is 37.6 Å². The van der Waals surface area contributed by atoms with Gasteiger partial charge in [0.2, 0.25) is 0 Å². The number of thioether (sulfide) groups is 1. The third kappa shape index (κ3) is 3.76. The molecule has 1 heterocycles. The van der Waals surface area contributed by atoms with E-state index in [-0.39, 0.29) is 17.9 Å². The lowest BCUT2D eigenvalue weighted by Crippen LogP contribution is -2.30. The summed E-state index contributed by atoms with van der Waals surface area (Å²) in [4.78, 5) is 15.4. The standard InChI is InChI=1S/C16H23NO2S/c1-11(2)20-15-6-4-13(5-7-15)16(19)17-9-8-14(10-17)12(3)18/h4-7,11-12,14,18H,8-10H2,1-3H3. The van der Waals surface area contributed by atoms with Gasteiger partial charge in [-0.2, -0.15) is 0 Å². The summed E-state index contributed by atoms with van der Waals surface area (Å²) in [7, 11) is 0. The summed E-state index contributed by atoms with van der Waals surface area (Å²) in [6, 6.07) is 7.84. The lowest BCUT2D eigenvalue weighted by atomic mass is 10.0. The molecule has 4 heteroatoms. The van der Waals surface area contributed by atoms with Crippen LogP contribution in [-0.4, -0.2) is 40.4 Å². The number of carbonyl (C=O) groups is 1. The van der Waals surface area contributed by atoms with Crippen LogP contribution in [0.5, 0.6) is 0 Å². The van der Waals surface area contributed by atoms with Gasteiger partial charge in [0, 0.05) is 34.7 Å². The van der Waals surface area contributed by atoms with Gasteiger partial charge in [-0.05, 0) is 37.6 Å². The minimum absolute atomic E-state index is 0.0780. The Hall–Kier alpha value is -1.00. The molecule has 0 saturated carbocycles. The molecular weight excluding hydrogens is 270 g/mol. The third-order valence-corrected chi connectivity index (χ3v) is 4.68. The summed E-state index contributed by atoms with van der Waals surface area (Å²) in [6.07, 6.45) is 0.558. The topological polar surface area (TPSA) is 40.5 Å². The zero-order valence-electron chi connectivity index (χ0n) is 12.4. The average molecular weight is 293 g/mol. The maximum absolute atomic E-state index is 12.4. The minimum Gasteiger partial charge on any atom is -0.393 e. The predicted molar refractivity (Wildman–Crippen MR) is 83.1 cm³/mol. The zero-order valence-corrected chi connectivity index (χ0v) is 13.2. The molecule has 0 bridgehead atoms. The molecule has 110 valence electrons. The van der Waals surface area contributed by atoms with E-state index in [1.54, 1.807) is 18.7 Å². The Kier molecular flexibility index (Phi) is 5.11. The van der Waals surface area contributed by atoms with E-state index >= 15 is 0 Å². The van der Waals surface area contributed by atoms with E-state index in [9.17, 15) is 9.90 Å². The van der Waals surface area contributed by atoms with Crippen LogP contribution < -0.4 is 0 Å². The second-order valence-electron chi connectivity index (χ2n) is 5.73. The lowest BCUT2D eigenvalue weighted by molar-refractivity contribution is 0.0762. The minimum atomic E-state index is -0.336. The van der Waals surface area contributed by atoms with Crippen LogP contribution in [-0.2, 0) is 0 Å². The largest absolute Gasteiger partial charge is 0.393 e. The van der Waals surface area contributed by atoms with Crippen molar-refractivity contribution in [3.8, 4) is 0 Å². The van der Waals surface area contributed by atoms with Crippen molar-refractivity contribution in [2.45, 2.75) is 43.4 Å². The quantitative estimate of drug-likeness (QED) is 0.868. The zero-order chi connectivity index (χ0) is 14.7. The van der Waals surface area contributed by atoms with Gasteiger partial charge in [-0.15, -0.1) is 11.8 Å². The number of hydrogen-bond acceptors (Lipinski definition) is 3. The van der Waals surface area contributed by atoms with E-state index < -0.39 is 0 Å². The SMILES string of the molecule is CC(C)Sc1ccc(C(=O)N2CCC(C(C)O)C2)cc1. The molecular formula is C16H23NO2S. The van der Waals surface area contributed by atoms with Crippen molar-refractivity contribution in [2.75, 3.05) is 13.1 Å². The van der Waals surface area contributed by atoms with Gasteiger partial charge >= 0.3 is 0 Å². The van der Waals surface area contributed by atoms with Gasteiger partial charge in [-0.3, -0.25) is 4.79 Å². The molecule has 1 aliphatic heterocycles. The molecule has 0 aromatic heterocycles. The van der Waals surface area contributed by atoms with E-state index in [1.807, 2.05) is 29.2 Å². The molecule has 1 N–H and O–H groups in total. The first-order valence-electron chi connectivity index (χ1n) is 7.21. The van der Waals surface area contributed by atoms with Crippen molar-refractivity contribution in [3.05, 3.63) is 29.8 Å². The van der Waals surface area contributed by atoms with E-state index in [0.717, 1.165) is 18.5 Å². The molecule has 1 fully saturated rings. The molecule has 2 atom stereocenters. The first kappa shape index (κ1) is 15.4. The summed E-state index contributed by atoms with van der Waals surface area (Å²) in [6.45, 7) is 7.53. The summed E-state index contributed by atoms with van der Waals surface area (Å²) in [5, 5.41) is 10.1. The highest BCUT2D eigenvalue weighted by Gasteiger charge is 2.29. The summed E-state index contributed by atoms with van der Waals surface area (Å²) >= 11 is 1.80. The van der Waals surface area contributed by atoms with E-state index in [4.69, 9.17) is 0 Å². The smallest absolute Gasteiger partial charge is 0.253 e. The number of nitrogens with zero attached hydrogens (tertiary/aromatic N) is 1. The molecule has 20 heavy (non-hydrogen) atoms. The summed E-state index contributed by atoms with van der Waals surface area (Å²) < 4.78 is 0. The van der Waals surface area contributed by atoms with Gasteiger partial charge in [-0.25, -0.2) is 0 Å². The van der Waals surface area contributed by atoms with Crippen molar-refractivity contribution < 1.29 is 9.90 Å². The highest BCUT2D eigenvalue weighted by atomic mass is 32.2. The average Bonchev–Trinajstić information content (AvgIpc) is 2.88. The molecule has 1 amide bonds. The van der Waals surface area contributed by atoms with Gasteiger partial charge in [0.1, 0.15) is 0 Å². The second kappa shape index (κ2) is 6.64. The van der Waals surface area contributed by atoms with Crippen LogP contribution in [0.4, 0.5) is 0 Å². The predicted octanol–water partition coefficient (Wildman–Crippen LogP) is 3.03. The molecule has 1 aromatic carbocycles. The maximum Gasteiger partial charge on any atom is 0.253 e. The molecule has 0 radical (unpaired) electrons. The van der Waals surface area contributed by atoms with Gasteiger partial charge in [0.15, 0.2) is 0 Å². The van der Waals surface area contributed by atoms with E-state index in [1.165, 1.54) is 4.90 Å². The maximum atomic E-state index is 12.4. The number of amides is 1. The molecule has 3 nitrogen and oxygen atoms in total. The van der Waals surface area contributed by atoms with Crippen LogP contribution >= 0.6 is 11.8 Å². The fraction of sp³-hybridized carbons (Fsp3) is 0.562. The van der Waals surface area contributed by atoms with Crippen LogP contribution in [0.15, 0.2) is 29.2 Å². The Morgan fingerprint density at radius 1 is 1.30 bits per heavy atom. The molecule has 1 aliphatic rings. The molecule has 1 aromatic rings. The second-order valence-corrected chi connectivity index (χ2v) is 7.38. The number of rotatable bonds is 4. The number of aliphatic hydroxyl groups is 1. The van der Waals surface area contributed by atoms with Gasteiger partial charge < -0.3 is 10.0 Å². The number of aliphatic hydroxyl groups excluding tert-OH is 1. The normalized spacial score (nSPS) is 20.4. The summed E-state index contributed by atoms with van der Waals surface area (Å²) in [5.41, 5.74) is 0.740. The third-order valence-electron chi connectivity index (χ3n) is 3.67. The molecule has 2 unspecified atom stereocenters. The Bertz CT molecular complexity index is 456. The van der Waals surface area contributed by atoms with Crippen molar-refractivity contribution >= 4 is 17.7 Å².